The number of hydrogen-bond donors (Lipinski definition) is 1. The first-order valence-corrected chi connectivity index (χ1v) is 5.82. The standard InChI is InChI=1S/C15H19N/c1-10-7-11(2)15(12(3)8-10)13-5-4-6-14(16)9-13/h4-7,9-10H,8,16H2,1-3H3. The molecule has 0 radical (unpaired) electrons. The highest BCUT2D eigenvalue weighted by Crippen LogP contribution is 2.35. The van der Waals surface area contributed by atoms with E-state index in [2.05, 4.69) is 39.0 Å². The van der Waals surface area contributed by atoms with E-state index in [0.717, 1.165) is 12.1 Å². The number of benzene rings is 1. The summed E-state index contributed by atoms with van der Waals surface area (Å²) in [5.74, 6) is 0.657. The maximum Gasteiger partial charge on any atom is 0.0320 e. The first-order valence-electron chi connectivity index (χ1n) is 5.82. The van der Waals surface area contributed by atoms with E-state index in [4.69, 9.17) is 5.73 Å². The van der Waals surface area contributed by atoms with Crippen molar-refractivity contribution in [3.63, 3.8) is 0 Å². The number of hydrogen-bond acceptors (Lipinski definition) is 1. The predicted molar refractivity (Wildman–Crippen MR) is 71.0 cm³/mol. The van der Waals surface area contributed by atoms with Crippen LogP contribution in [0, 0.1) is 5.92 Å². The van der Waals surface area contributed by atoms with Crippen molar-refractivity contribution >= 4 is 11.3 Å². The molecule has 1 atom stereocenters. The Labute approximate surface area is 97.7 Å². The zero-order valence-electron chi connectivity index (χ0n) is 10.2. The summed E-state index contributed by atoms with van der Waals surface area (Å²) in [7, 11) is 0. The molecule has 1 aromatic carbocycles. The second-order valence-electron chi connectivity index (χ2n) is 4.81. The number of nitrogen functional groups attached to an aromatic ring is 1. The minimum Gasteiger partial charge on any atom is -0.399 e. The van der Waals surface area contributed by atoms with Gasteiger partial charge in [-0.25, -0.2) is 0 Å². The average Bonchev–Trinajstić information content (AvgIpc) is 2.15. The Bertz CT molecular complexity index is 466. The fourth-order valence-electron chi connectivity index (χ4n) is 2.66. The third-order valence-corrected chi connectivity index (χ3v) is 3.16. The molecule has 16 heavy (non-hydrogen) atoms. The number of rotatable bonds is 1. The van der Waals surface area contributed by atoms with Crippen LogP contribution in [0.3, 0.4) is 0 Å². The van der Waals surface area contributed by atoms with E-state index >= 15 is 0 Å². The highest BCUT2D eigenvalue weighted by Gasteiger charge is 2.15. The third kappa shape index (κ3) is 2.04. The fraction of sp³-hybridized carbons (Fsp3) is 0.333. The van der Waals surface area contributed by atoms with Crippen molar-refractivity contribution in [1.29, 1.82) is 0 Å². The molecular formula is C15H19N. The van der Waals surface area contributed by atoms with Crippen LogP contribution in [-0.2, 0) is 0 Å². The molecule has 84 valence electrons. The van der Waals surface area contributed by atoms with E-state index < -0.39 is 0 Å². The lowest BCUT2D eigenvalue weighted by Gasteiger charge is -2.22. The van der Waals surface area contributed by atoms with Crippen LogP contribution in [0.1, 0.15) is 32.8 Å². The van der Waals surface area contributed by atoms with Gasteiger partial charge >= 0.3 is 0 Å². The molecular weight excluding hydrogens is 194 g/mol. The SMILES string of the molecule is CC1=CC(C)CC(C)=C1c1cccc(N)c1. The van der Waals surface area contributed by atoms with Crippen LogP contribution in [0.25, 0.3) is 5.57 Å². The van der Waals surface area contributed by atoms with Crippen LogP contribution in [0.2, 0.25) is 0 Å². The Kier molecular flexibility index (Phi) is 2.86. The molecule has 0 bridgehead atoms. The molecule has 0 spiro atoms. The van der Waals surface area contributed by atoms with Crippen molar-refractivity contribution < 1.29 is 0 Å². The molecule has 0 aliphatic heterocycles. The van der Waals surface area contributed by atoms with E-state index in [1.807, 2.05) is 12.1 Å². The maximum atomic E-state index is 5.84. The molecule has 1 aromatic rings. The minimum atomic E-state index is 0.657. The van der Waals surface area contributed by atoms with Crippen LogP contribution < -0.4 is 5.73 Å². The van der Waals surface area contributed by atoms with Gasteiger partial charge in [-0.1, -0.05) is 30.7 Å². The van der Waals surface area contributed by atoms with E-state index in [0.29, 0.717) is 5.92 Å². The monoisotopic (exact) mass is 213 g/mol. The topological polar surface area (TPSA) is 26.0 Å². The zero-order valence-corrected chi connectivity index (χ0v) is 10.2. The lowest BCUT2D eigenvalue weighted by Crippen LogP contribution is -2.04. The Hall–Kier alpha value is -1.50. The van der Waals surface area contributed by atoms with Crippen molar-refractivity contribution in [1.82, 2.24) is 0 Å². The second-order valence-corrected chi connectivity index (χ2v) is 4.81. The summed E-state index contributed by atoms with van der Waals surface area (Å²) < 4.78 is 0. The van der Waals surface area contributed by atoms with Gasteiger partial charge in [0.1, 0.15) is 0 Å². The average molecular weight is 213 g/mol. The lowest BCUT2D eigenvalue weighted by atomic mass is 9.83. The molecule has 0 fully saturated rings. The third-order valence-electron chi connectivity index (χ3n) is 3.16. The Morgan fingerprint density at radius 2 is 2.00 bits per heavy atom. The highest BCUT2D eigenvalue weighted by atomic mass is 14.5. The van der Waals surface area contributed by atoms with Gasteiger partial charge in [0.05, 0.1) is 0 Å². The second kappa shape index (κ2) is 4.17. The van der Waals surface area contributed by atoms with E-state index in [9.17, 15) is 0 Å². The first kappa shape index (κ1) is 11.0. The predicted octanol–water partition coefficient (Wildman–Crippen LogP) is 4.03. The zero-order chi connectivity index (χ0) is 11.7. The van der Waals surface area contributed by atoms with Crippen molar-refractivity contribution in [2.45, 2.75) is 27.2 Å². The Morgan fingerprint density at radius 3 is 2.62 bits per heavy atom. The summed E-state index contributed by atoms with van der Waals surface area (Å²) in [6.45, 7) is 6.69. The number of nitrogens with two attached hydrogens (primary N) is 1. The van der Waals surface area contributed by atoms with Gasteiger partial charge in [0, 0.05) is 5.69 Å². The molecule has 1 unspecified atom stereocenters. The maximum absolute atomic E-state index is 5.84. The molecule has 1 heteroatoms. The molecule has 0 saturated heterocycles. The minimum absolute atomic E-state index is 0.657. The smallest absolute Gasteiger partial charge is 0.0320 e. The summed E-state index contributed by atoms with van der Waals surface area (Å²) in [5.41, 5.74) is 12.2. The van der Waals surface area contributed by atoms with Gasteiger partial charge in [-0.2, -0.15) is 0 Å². The van der Waals surface area contributed by atoms with Crippen LogP contribution in [-0.4, -0.2) is 0 Å². The molecule has 1 nitrogen and oxygen atoms in total. The summed E-state index contributed by atoms with van der Waals surface area (Å²) in [6.07, 6.45) is 3.51. The number of anilines is 1. The van der Waals surface area contributed by atoms with Crippen molar-refractivity contribution in [2.24, 2.45) is 5.92 Å². The van der Waals surface area contributed by atoms with Gasteiger partial charge < -0.3 is 5.73 Å². The number of allylic oxidation sites excluding steroid dienone is 4. The van der Waals surface area contributed by atoms with Crippen LogP contribution >= 0.6 is 0 Å². The highest BCUT2D eigenvalue weighted by molar-refractivity contribution is 5.82. The van der Waals surface area contributed by atoms with Crippen molar-refractivity contribution in [3.05, 3.63) is 47.1 Å². The molecule has 1 aliphatic rings. The molecule has 1 aliphatic carbocycles. The van der Waals surface area contributed by atoms with Crippen LogP contribution in [0.4, 0.5) is 5.69 Å². The van der Waals surface area contributed by atoms with Gasteiger partial charge in [0.2, 0.25) is 0 Å². The van der Waals surface area contributed by atoms with Crippen molar-refractivity contribution in [2.75, 3.05) is 5.73 Å². The Morgan fingerprint density at radius 1 is 1.25 bits per heavy atom. The fourth-order valence-corrected chi connectivity index (χ4v) is 2.66. The van der Waals surface area contributed by atoms with Gasteiger partial charge in [-0.05, 0) is 55.0 Å². The van der Waals surface area contributed by atoms with Crippen LogP contribution in [0.15, 0.2) is 41.5 Å². The van der Waals surface area contributed by atoms with E-state index in [1.165, 1.54) is 22.3 Å². The largest absolute Gasteiger partial charge is 0.399 e. The van der Waals surface area contributed by atoms with Gasteiger partial charge in [0.15, 0.2) is 0 Å². The summed E-state index contributed by atoms with van der Waals surface area (Å²) in [5, 5.41) is 0. The van der Waals surface area contributed by atoms with Crippen molar-refractivity contribution in [3.8, 4) is 0 Å². The molecule has 0 saturated carbocycles. The van der Waals surface area contributed by atoms with Gasteiger partial charge in [-0.15, -0.1) is 0 Å². The summed E-state index contributed by atoms with van der Waals surface area (Å²) >= 11 is 0. The van der Waals surface area contributed by atoms with E-state index in [-0.39, 0.29) is 0 Å². The molecule has 2 rings (SSSR count). The van der Waals surface area contributed by atoms with Gasteiger partial charge in [0.25, 0.3) is 0 Å². The molecule has 2 N–H and O–H groups in total. The van der Waals surface area contributed by atoms with E-state index in [1.54, 1.807) is 0 Å². The first-order chi connectivity index (χ1) is 7.58. The molecule has 0 aromatic heterocycles. The van der Waals surface area contributed by atoms with Crippen LogP contribution in [0.5, 0.6) is 0 Å². The quantitative estimate of drug-likeness (QED) is 0.700. The molecule has 0 amide bonds. The molecule has 0 heterocycles. The summed E-state index contributed by atoms with van der Waals surface area (Å²) in [4.78, 5) is 0. The summed E-state index contributed by atoms with van der Waals surface area (Å²) in [6, 6.07) is 8.16. The van der Waals surface area contributed by atoms with Gasteiger partial charge in [-0.3, -0.25) is 0 Å². The Balaban J connectivity index is 2.48. The normalized spacial score (nSPS) is 20.9. The lowest BCUT2D eigenvalue weighted by molar-refractivity contribution is 0.704.